The van der Waals surface area contributed by atoms with Crippen LogP contribution in [0.15, 0.2) is 46.2 Å². The Balaban J connectivity index is 1.98. The van der Waals surface area contributed by atoms with Crippen LogP contribution >= 0.6 is 11.8 Å². The molecule has 1 unspecified atom stereocenters. The zero-order valence-electron chi connectivity index (χ0n) is 9.28. The largest absolute Gasteiger partial charge is 0.0981 e. The molecule has 80 valence electrons. The first-order valence-electron chi connectivity index (χ1n) is 5.77. The van der Waals surface area contributed by atoms with Gasteiger partial charge in [-0.25, -0.2) is 0 Å². The Kier molecular flexibility index (Phi) is 3.90. The summed E-state index contributed by atoms with van der Waals surface area (Å²) in [7, 11) is 0. The Morgan fingerprint density at radius 3 is 2.73 bits per heavy atom. The van der Waals surface area contributed by atoms with Gasteiger partial charge in [0.05, 0.1) is 0 Å². The number of rotatable bonds is 2. The summed E-state index contributed by atoms with van der Waals surface area (Å²) in [6.45, 7) is 2.36. The average Bonchev–Trinajstić information content (AvgIpc) is 2.29. The highest BCUT2D eigenvalue weighted by atomic mass is 32.2. The molecular formula is C14H18S. The quantitative estimate of drug-likeness (QED) is 0.638. The first-order valence-corrected chi connectivity index (χ1v) is 6.65. The van der Waals surface area contributed by atoms with Gasteiger partial charge in [-0.15, -0.1) is 0 Å². The van der Waals surface area contributed by atoms with Crippen LogP contribution in [0, 0.1) is 5.92 Å². The number of benzene rings is 1. The van der Waals surface area contributed by atoms with E-state index in [2.05, 4.69) is 42.7 Å². The fourth-order valence-corrected chi connectivity index (χ4v) is 2.98. The van der Waals surface area contributed by atoms with Crippen molar-refractivity contribution in [3.63, 3.8) is 0 Å². The summed E-state index contributed by atoms with van der Waals surface area (Å²) in [6, 6.07) is 10.6. The van der Waals surface area contributed by atoms with Crippen LogP contribution in [0.1, 0.15) is 32.6 Å². The summed E-state index contributed by atoms with van der Waals surface area (Å²) in [6.07, 6.45) is 5.47. The molecule has 2 rings (SSSR count). The molecule has 1 fully saturated rings. The Morgan fingerprint density at radius 1 is 1.20 bits per heavy atom. The molecule has 0 saturated heterocycles. The van der Waals surface area contributed by atoms with Gasteiger partial charge >= 0.3 is 0 Å². The molecule has 15 heavy (non-hydrogen) atoms. The molecule has 0 aliphatic heterocycles. The van der Waals surface area contributed by atoms with E-state index in [1.165, 1.54) is 30.6 Å². The second-order valence-electron chi connectivity index (χ2n) is 4.27. The lowest BCUT2D eigenvalue weighted by Gasteiger charge is -2.21. The van der Waals surface area contributed by atoms with E-state index in [9.17, 15) is 0 Å². The molecule has 1 aliphatic rings. The molecule has 0 spiro atoms. The van der Waals surface area contributed by atoms with E-state index >= 15 is 0 Å². The minimum atomic E-state index is 0.801. The topological polar surface area (TPSA) is 0 Å². The van der Waals surface area contributed by atoms with Crippen molar-refractivity contribution in [2.75, 3.05) is 0 Å². The highest BCUT2D eigenvalue weighted by Crippen LogP contribution is 2.32. The van der Waals surface area contributed by atoms with Crippen molar-refractivity contribution in [1.82, 2.24) is 0 Å². The van der Waals surface area contributed by atoms with Gasteiger partial charge < -0.3 is 0 Å². The summed E-state index contributed by atoms with van der Waals surface area (Å²) >= 11 is 1.87. The minimum absolute atomic E-state index is 0.801. The smallest absolute Gasteiger partial charge is 0.0116 e. The molecule has 1 aromatic carbocycles. The Labute approximate surface area is 96.8 Å². The van der Waals surface area contributed by atoms with E-state index < -0.39 is 0 Å². The zero-order valence-corrected chi connectivity index (χ0v) is 10.1. The fraction of sp³-hybridized carbons (Fsp3) is 0.429. The molecule has 1 atom stereocenters. The number of hydrogen-bond acceptors (Lipinski definition) is 1. The van der Waals surface area contributed by atoms with Crippen molar-refractivity contribution >= 4 is 11.8 Å². The standard InChI is InChI=1S/C14H18S/c1-12-7-5-6-8-13(12)11-15-14-9-3-2-4-10-14/h2-4,9-12H,5-8H2,1H3/b13-11+. The molecule has 0 amide bonds. The van der Waals surface area contributed by atoms with E-state index in [1.54, 1.807) is 5.57 Å². The third-order valence-electron chi connectivity index (χ3n) is 3.08. The van der Waals surface area contributed by atoms with Crippen LogP contribution < -0.4 is 0 Å². The maximum atomic E-state index is 2.37. The molecule has 0 heterocycles. The first-order chi connectivity index (χ1) is 7.36. The third-order valence-corrected chi connectivity index (χ3v) is 4.04. The van der Waals surface area contributed by atoms with Gasteiger partial charge in [-0.2, -0.15) is 0 Å². The summed E-state index contributed by atoms with van der Waals surface area (Å²) < 4.78 is 0. The van der Waals surface area contributed by atoms with Crippen LogP contribution in [0.4, 0.5) is 0 Å². The van der Waals surface area contributed by atoms with Crippen LogP contribution in [0.2, 0.25) is 0 Å². The minimum Gasteiger partial charge on any atom is -0.0981 e. The van der Waals surface area contributed by atoms with Gasteiger partial charge in [0.25, 0.3) is 0 Å². The summed E-state index contributed by atoms with van der Waals surface area (Å²) in [5, 5.41) is 2.37. The van der Waals surface area contributed by atoms with E-state index in [1.807, 2.05) is 11.8 Å². The molecule has 0 N–H and O–H groups in total. The van der Waals surface area contributed by atoms with Gasteiger partial charge in [-0.1, -0.05) is 48.9 Å². The molecule has 0 bridgehead atoms. The van der Waals surface area contributed by atoms with Crippen molar-refractivity contribution in [3.8, 4) is 0 Å². The Bertz CT molecular complexity index is 326. The molecular weight excluding hydrogens is 200 g/mol. The lowest BCUT2D eigenvalue weighted by molar-refractivity contribution is 0.485. The lowest BCUT2D eigenvalue weighted by atomic mass is 9.87. The van der Waals surface area contributed by atoms with E-state index in [-0.39, 0.29) is 0 Å². The zero-order chi connectivity index (χ0) is 10.5. The number of thioether (sulfide) groups is 1. The predicted molar refractivity (Wildman–Crippen MR) is 68.0 cm³/mol. The van der Waals surface area contributed by atoms with Gasteiger partial charge in [0.2, 0.25) is 0 Å². The van der Waals surface area contributed by atoms with Crippen LogP contribution in [0.3, 0.4) is 0 Å². The maximum Gasteiger partial charge on any atom is 0.0116 e. The summed E-state index contributed by atoms with van der Waals surface area (Å²) in [5.74, 6) is 0.801. The maximum absolute atomic E-state index is 2.37. The van der Waals surface area contributed by atoms with E-state index in [0.717, 1.165) is 5.92 Å². The van der Waals surface area contributed by atoms with Gasteiger partial charge in [0, 0.05) is 4.90 Å². The first kappa shape index (κ1) is 10.8. The second-order valence-corrected chi connectivity index (χ2v) is 5.21. The lowest BCUT2D eigenvalue weighted by Crippen LogP contribution is -2.05. The van der Waals surface area contributed by atoms with Crippen LogP contribution in [-0.2, 0) is 0 Å². The summed E-state index contributed by atoms with van der Waals surface area (Å²) in [5.41, 5.74) is 1.65. The normalized spacial score (nSPS) is 24.3. The Hall–Kier alpha value is -0.690. The van der Waals surface area contributed by atoms with Gasteiger partial charge in [-0.3, -0.25) is 0 Å². The molecule has 1 saturated carbocycles. The highest BCUT2D eigenvalue weighted by molar-refractivity contribution is 8.02. The van der Waals surface area contributed by atoms with Gasteiger partial charge in [-0.05, 0) is 42.7 Å². The summed E-state index contributed by atoms with van der Waals surface area (Å²) in [4.78, 5) is 1.35. The predicted octanol–water partition coefficient (Wildman–Crippen LogP) is 4.87. The molecule has 0 radical (unpaired) electrons. The van der Waals surface area contributed by atoms with Crippen LogP contribution in [0.5, 0.6) is 0 Å². The van der Waals surface area contributed by atoms with Crippen LogP contribution in [0.25, 0.3) is 0 Å². The average molecular weight is 218 g/mol. The Morgan fingerprint density at radius 2 is 2.00 bits per heavy atom. The molecule has 1 heteroatoms. The number of allylic oxidation sites excluding steroid dienone is 1. The van der Waals surface area contributed by atoms with Gasteiger partial charge in [0.1, 0.15) is 0 Å². The van der Waals surface area contributed by atoms with Crippen LogP contribution in [-0.4, -0.2) is 0 Å². The molecule has 0 aromatic heterocycles. The monoisotopic (exact) mass is 218 g/mol. The van der Waals surface area contributed by atoms with E-state index in [0.29, 0.717) is 0 Å². The van der Waals surface area contributed by atoms with Crippen molar-refractivity contribution in [1.29, 1.82) is 0 Å². The molecule has 1 aliphatic carbocycles. The van der Waals surface area contributed by atoms with Crippen molar-refractivity contribution in [2.24, 2.45) is 5.92 Å². The third kappa shape index (κ3) is 3.13. The highest BCUT2D eigenvalue weighted by Gasteiger charge is 2.13. The molecule has 1 aromatic rings. The van der Waals surface area contributed by atoms with Crippen molar-refractivity contribution in [2.45, 2.75) is 37.5 Å². The fourth-order valence-electron chi connectivity index (χ4n) is 2.03. The number of hydrogen-bond donors (Lipinski definition) is 0. The van der Waals surface area contributed by atoms with Crippen molar-refractivity contribution in [3.05, 3.63) is 41.3 Å². The van der Waals surface area contributed by atoms with Gasteiger partial charge in [0.15, 0.2) is 0 Å². The van der Waals surface area contributed by atoms with E-state index in [4.69, 9.17) is 0 Å². The molecule has 0 nitrogen and oxygen atoms in total. The SMILES string of the molecule is CC1CCCC/C1=C\Sc1ccccc1. The second kappa shape index (κ2) is 5.41. The van der Waals surface area contributed by atoms with Crippen molar-refractivity contribution < 1.29 is 0 Å².